The van der Waals surface area contributed by atoms with Gasteiger partial charge in [-0.15, -0.1) is 0 Å². The highest BCUT2D eigenvalue weighted by molar-refractivity contribution is 4.98. The molecule has 0 saturated carbocycles. The van der Waals surface area contributed by atoms with Gasteiger partial charge in [0.05, 0.1) is 13.2 Å². The van der Waals surface area contributed by atoms with E-state index in [1.807, 2.05) is 0 Å². The minimum absolute atomic E-state index is 0.675. The first-order chi connectivity index (χ1) is 11.2. The first-order valence-corrected chi connectivity index (χ1v) is 7.47. The lowest BCUT2D eigenvalue weighted by Gasteiger charge is -2.50. The van der Waals surface area contributed by atoms with Crippen LogP contribution in [0.15, 0.2) is 0 Å². The monoisotopic (exact) mass is 356 g/mol. The number of rotatable bonds is 4. The Labute approximate surface area is 137 Å². The number of ether oxygens (including phenoxy) is 3. The molecule has 0 spiro atoms. The number of hydrogen-bond acceptors (Lipinski definition) is 11. The molecule has 0 aromatic heterocycles. The zero-order valence-electron chi connectivity index (χ0n) is 12.9. The van der Waals surface area contributed by atoms with Crippen molar-refractivity contribution in [2.75, 3.05) is 13.2 Å². The van der Waals surface area contributed by atoms with Gasteiger partial charge in [0, 0.05) is 0 Å². The van der Waals surface area contributed by atoms with E-state index in [4.69, 9.17) is 19.3 Å². The number of hydrogen-bond donors (Lipinski definition) is 8. The van der Waals surface area contributed by atoms with Gasteiger partial charge in [-0.2, -0.15) is 0 Å². The second-order valence-corrected chi connectivity index (χ2v) is 6.09. The second-order valence-electron chi connectivity index (χ2n) is 6.09. The molecule has 2 fully saturated rings. The smallest absolute Gasteiger partial charge is 0.195 e. The highest BCUT2D eigenvalue weighted by Crippen LogP contribution is 2.35. The normalized spacial score (nSPS) is 53.1. The quantitative estimate of drug-likeness (QED) is 0.241. The third-order valence-corrected chi connectivity index (χ3v) is 4.37. The first kappa shape index (κ1) is 19.9. The van der Waals surface area contributed by atoms with Crippen LogP contribution in [0.4, 0.5) is 0 Å². The molecule has 142 valence electrons. The Morgan fingerprint density at radius 1 is 0.833 bits per heavy atom. The molecule has 0 aromatic carbocycles. The summed E-state index contributed by atoms with van der Waals surface area (Å²) < 4.78 is 15.5. The van der Waals surface area contributed by atoms with Crippen LogP contribution in [0.2, 0.25) is 0 Å². The Morgan fingerprint density at radius 2 is 1.42 bits per heavy atom. The highest BCUT2D eigenvalue weighted by atomic mass is 16.7. The first-order valence-electron chi connectivity index (χ1n) is 7.47. The van der Waals surface area contributed by atoms with E-state index < -0.39 is 74.1 Å². The Balaban J connectivity index is 2.22. The van der Waals surface area contributed by atoms with E-state index >= 15 is 0 Å². The molecule has 2 aliphatic rings. The molecule has 0 bridgehead atoms. The molecule has 2 heterocycles. The largest absolute Gasteiger partial charge is 0.394 e. The van der Waals surface area contributed by atoms with Crippen molar-refractivity contribution in [1.82, 2.24) is 0 Å². The summed E-state index contributed by atoms with van der Waals surface area (Å²) in [5.74, 6) is -2.03. The van der Waals surface area contributed by atoms with Gasteiger partial charge in [0.2, 0.25) is 0 Å². The van der Waals surface area contributed by atoms with E-state index in [2.05, 4.69) is 0 Å². The van der Waals surface area contributed by atoms with Gasteiger partial charge in [-0.1, -0.05) is 0 Å². The fourth-order valence-electron chi connectivity index (χ4n) is 2.88. The predicted octanol–water partition coefficient (Wildman–Crippen LogP) is -5.01. The van der Waals surface area contributed by atoms with E-state index in [0.29, 0.717) is 0 Å². The third kappa shape index (κ3) is 3.43. The summed E-state index contributed by atoms with van der Waals surface area (Å²) >= 11 is 0. The molecule has 10 atom stereocenters. The van der Waals surface area contributed by atoms with Crippen LogP contribution in [0.1, 0.15) is 6.92 Å². The van der Waals surface area contributed by atoms with Gasteiger partial charge in [-0.05, 0) is 6.92 Å². The van der Waals surface area contributed by atoms with Gasteiger partial charge < -0.3 is 55.1 Å². The van der Waals surface area contributed by atoms with E-state index in [1.165, 1.54) is 6.92 Å². The fourth-order valence-corrected chi connectivity index (χ4v) is 2.88. The van der Waals surface area contributed by atoms with Crippen LogP contribution in [0, 0.1) is 0 Å². The topological polar surface area (TPSA) is 190 Å². The van der Waals surface area contributed by atoms with Gasteiger partial charge >= 0.3 is 0 Å². The molecule has 0 aliphatic carbocycles. The van der Waals surface area contributed by atoms with Crippen LogP contribution in [0.25, 0.3) is 0 Å². The summed E-state index contributed by atoms with van der Waals surface area (Å²) in [6.07, 6.45) is -14.3. The summed E-state index contributed by atoms with van der Waals surface area (Å²) in [7, 11) is 0. The van der Waals surface area contributed by atoms with Crippen LogP contribution in [0.3, 0.4) is 0 Å². The molecular formula is C13H24O11. The van der Waals surface area contributed by atoms with Crippen LogP contribution in [0.5, 0.6) is 0 Å². The average molecular weight is 356 g/mol. The minimum Gasteiger partial charge on any atom is -0.394 e. The fraction of sp³-hybridized carbons (Fsp3) is 1.00. The summed E-state index contributed by atoms with van der Waals surface area (Å²) in [5.41, 5.74) is 0. The van der Waals surface area contributed by atoms with Crippen LogP contribution < -0.4 is 0 Å². The van der Waals surface area contributed by atoms with E-state index in [-0.39, 0.29) is 0 Å². The maximum Gasteiger partial charge on any atom is 0.195 e. The van der Waals surface area contributed by atoms with E-state index in [0.717, 1.165) is 0 Å². The van der Waals surface area contributed by atoms with Crippen LogP contribution in [-0.2, 0) is 14.2 Å². The maximum atomic E-state index is 10.1. The summed E-state index contributed by atoms with van der Waals surface area (Å²) in [6.45, 7) is -0.194. The Bertz CT molecular complexity index is 421. The van der Waals surface area contributed by atoms with Gasteiger partial charge in [0.25, 0.3) is 0 Å². The van der Waals surface area contributed by atoms with Crippen molar-refractivity contribution >= 4 is 0 Å². The van der Waals surface area contributed by atoms with Gasteiger partial charge in [0.15, 0.2) is 12.1 Å². The minimum atomic E-state index is -2.03. The zero-order chi connectivity index (χ0) is 18.2. The standard InChI is InChI=1S/C13H24O11/c1-13(11(20)8(18)6(16)5(3-15)23-13)24-10-7(17)4(2-14)22-12(21)9(10)19/h4-12,14-21H,2-3H2,1H3/t4-,5-,6-,7-,8+,9+,10+,11+,12+,13-/m1/s1. The SMILES string of the molecule is C[C@]1(O[C@@H]2[C@H](O)[C@@H](O)O[C@H](CO)[C@H]2O)O[C@H](CO)[C@@H](O)[C@H](O)[C@@H]1O. The predicted molar refractivity (Wildman–Crippen MR) is 73.2 cm³/mol. The zero-order valence-corrected chi connectivity index (χ0v) is 12.9. The number of aliphatic hydroxyl groups excluding tert-OH is 8. The molecule has 11 nitrogen and oxygen atoms in total. The van der Waals surface area contributed by atoms with Crippen molar-refractivity contribution in [3.8, 4) is 0 Å². The molecule has 2 aliphatic heterocycles. The third-order valence-electron chi connectivity index (χ3n) is 4.37. The van der Waals surface area contributed by atoms with Crippen molar-refractivity contribution in [2.24, 2.45) is 0 Å². The Hall–Kier alpha value is -0.440. The second kappa shape index (κ2) is 7.43. The lowest BCUT2D eigenvalue weighted by atomic mass is 9.92. The van der Waals surface area contributed by atoms with Crippen LogP contribution in [-0.4, -0.2) is 115 Å². The van der Waals surface area contributed by atoms with E-state index in [9.17, 15) is 35.7 Å². The van der Waals surface area contributed by atoms with Crippen molar-refractivity contribution in [1.29, 1.82) is 0 Å². The molecule has 0 amide bonds. The van der Waals surface area contributed by atoms with Crippen molar-refractivity contribution in [3.63, 3.8) is 0 Å². The van der Waals surface area contributed by atoms with Gasteiger partial charge in [-0.3, -0.25) is 0 Å². The summed E-state index contributed by atoms with van der Waals surface area (Å²) in [4.78, 5) is 0. The summed E-state index contributed by atoms with van der Waals surface area (Å²) in [6, 6.07) is 0. The van der Waals surface area contributed by atoms with Crippen LogP contribution >= 0.6 is 0 Å². The lowest BCUT2D eigenvalue weighted by molar-refractivity contribution is -0.396. The van der Waals surface area contributed by atoms with Crippen molar-refractivity contribution in [2.45, 2.75) is 67.8 Å². The van der Waals surface area contributed by atoms with Crippen molar-refractivity contribution < 1.29 is 55.1 Å². The summed E-state index contributed by atoms with van der Waals surface area (Å²) in [5, 5.41) is 77.8. The Morgan fingerprint density at radius 3 is 1.96 bits per heavy atom. The molecule has 0 aromatic rings. The van der Waals surface area contributed by atoms with Crippen molar-refractivity contribution in [3.05, 3.63) is 0 Å². The molecule has 8 N–H and O–H groups in total. The molecule has 2 rings (SSSR count). The molecule has 24 heavy (non-hydrogen) atoms. The van der Waals surface area contributed by atoms with Gasteiger partial charge in [-0.25, -0.2) is 0 Å². The Kier molecular flexibility index (Phi) is 6.16. The van der Waals surface area contributed by atoms with E-state index in [1.54, 1.807) is 0 Å². The molecule has 2 saturated heterocycles. The number of aliphatic hydroxyl groups is 8. The maximum absolute atomic E-state index is 10.1. The molecule has 11 heteroatoms. The highest BCUT2D eigenvalue weighted by Gasteiger charge is 2.55. The lowest BCUT2D eigenvalue weighted by Crippen LogP contribution is -2.68. The molecular weight excluding hydrogens is 332 g/mol. The molecule has 0 unspecified atom stereocenters. The van der Waals surface area contributed by atoms with Gasteiger partial charge in [0.1, 0.15) is 48.8 Å². The molecule has 0 radical (unpaired) electrons. The average Bonchev–Trinajstić information content (AvgIpc) is 2.56.